The number of rotatable bonds is 6. The third-order valence-electron chi connectivity index (χ3n) is 2.16. The fourth-order valence-corrected chi connectivity index (χ4v) is 2.28. The van der Waals surface area contributed by atoms with E-state index < -0.39 is 6.04 Å². The molecule has 17 heavy (non-hydrogen) atoms. The van der Waals surface area contributed by atoms with E-state index in [0.717, 1.165) is 0 Å². The molecule has 0 radical (unpaired) electrons. The molecule has 1 aromatic carbocycles. The van der Waals surface area contributed by atoms with Crippen molar-refractivity contribution in [2.45, 2.75) is 17.9 Å². The van der Waals surface area contributed by atoms with Gasteiger partial charge < -0.3 is 10.1 Å². The smallest absolute Gasteiger partial charge is 0.323 e. The summed E-state index contributed by atoms with van der Waals surface area (Å²) in [5.41, 5.74) is 0. The largest absolute Gasteiger partial charge is 0.465 e. The summed E-state index contributed by atoms with van der Waals surface area (Å²) in [6, 6.07) is 6.09. The molecule has 1 unspecified atom stereocenters. The van der Waals surface area contributed by atoms with Gasteiger partial charge in [-0.2, -0.15) is 0 Å². The maximum Gasteiger partial charge on any atom is 0.323 e. The standard InChI is InChI=1S/C12H16FNO2S/c1-3-16-12(15)10(14-2)8-17-11-7-5-4-6-9(11)13/h4-7,10,14H,3,8H2,1-2H3. The average Bonchev–Trinajstić information content (AvgIpc) is 2.32. The van der Waals surface area contributed by atoms with Crippen molar-refractivity contribution in [3.8, 4) is 0 Å². The van der Waals surface area contributed by atoms with Gasteiger partial charge in [0.05, 0.1) is 6.61 Å². The van der Waals surface area contributed by atoms with Crippen molar-refractivity contribution in [1.29, 1.82) is 0 Å². The summed E-state index contributed by atoms with van der Waals surface area (Å²) in [4.78, 5) is 12.0. The Morgan fingerprint density at radius 2 is 2.24 bits per heavy atom. The lowest BCUT2D eigenvalue weighted by Gasteiger charge is -2.14. The number of likely N-dealkylation sites (N-methyl/N-ethyl adjacent to an activating group) is 1. The summed E-state index contributed by atoms with van der Waals surface area (Å²) in [7, 11) is 1.68. The second-order valence-corrected chi connectivity index (χ2v) is 4.40. The van der Waals surface area contributed by atoms with Crippen molar-refractivity contribution in [2.75, 3.05) is 19.4 Å². The third-order valence-corrected chi connectivity index (χ3v) is 3.30. The molecule has 1 rings (SSSR count). The maximum absolute atomic E-state index is 13.3. The highest BCUT2D eigenvalue weighted by Crippen LogP contribution is 2.21. The molecule has 0 aliphatic rings. The highest BCUT2D eigenvalue weighted by Gasteiger charge is 2.18. The van der Waals surface area contributed by atoms with E-state index in [-0.39, 0.29) is 11.8 Å². The fraction of sp³-hybridized carbons (Fsp3) is 0.417. The van der Waals surface area contributed by atoms with Gasteiger partial charge in [-0.25, -0.2) is 4.39 Å². The van der Waals surface area contributed by atoms with E-state index in [2.05, 4.69) is 5.32 Å². The molecule has 5 heteroatoms. The molecular weight excluding hydrogens is 241 g/mol. The zero-order valence-corrected chi connectivity index (χ0v) is 10.7. The Morgan fingerprint density at radius 3 is 2.82 bits per heavy atom. The molecule has 0 spiro atoms. The average molecular weight is 257 g/mol. The van der Waals surface area contributed by atoms with Crippen LogP contribution in [-0.2, 0) is 9.53 Å². The lowest BCUT2D eigenvalue weighted by atomic mass is 10.3. The van der Waals surface area contributed by atoms with Gasteiger partial charge in [0, 0.05) is 10.6 Å². The predicted molar refractivity (Wildman–Crippen MR) is 66.6 cm³/mol. The number of hydrogen-bond acceptors (Lipinski definition) is 4. The minimum Gasteiger partial charge on any atom is -0.465 e. The van der Waals surface area contributed by atoms with Crippen LogP contribution in [0.25, 0.3) is 0 Å². The SMILES string of the molecule is CCOC(=O)C(CSc1ccccc1F)NC. The van der Waals surface area contributed by atoms with Gasteiger partial charge in [-0.1, -0.05) is 12.1 Å². The first-order valence-corrected chi connectivity index (χ1v) is 6.38. The van der Waals surface area contributed by atoms with Crippen LogP contribution in [0.1, 0.15) is 6.92 Å². The summed E-state index contributed by atoms with van der Waals surface area (Å²) in [6.07, 6.45) is 0. The number of hydrogen-bond donors (Lipinski definition) is 1. The van der Waals surface area contributed by atoms with Crippen LogP contribution in [0, 0.1) is 5.82 Å². The van der Waals surface area contributed by atoms with E-state index in [1.165, 1.54) is 17.8 Å². The monoisotopic (exact) mass is 257 g/mol. The topological polar surface area (TPSA) is 38.3 Å². The van der Waals surface area contributed by atoms with E-state index in [0.29, 0.717) is 17.3 Å². The third kappa shape index (κ3) is 4.36. The van der Waals surface area contributed by atoms with Gasteiger partial charge in [0.1, 0.15) is 11.9 Å². The molecule has 0 aliphatic heterocycles. The van der Waals surface area contributed by atoms with Crippen LogP contribution in [0.2, 0.25) is 0 Å². The van der Waals surface area contributed by atoms with E-state index in [1.54, 1.807) is 32.2 Å². The molecule has 0 saturated carbocycles. The van der Waals surface area contributed by atoms with Gasteiger partial charge in [0.25, 0.3) is 0 Å². The van der Waals surface area contributed by atoms with Crippen LogP contribution in [0.3, 0.4) is 0 Å². The molecule has 0 aromatic heterocycles. The van der Waals surface area contributed by atoms with Gasteiger partial charge in [0.2, 0.25) is 0 Å². The van der Waals surface area contributed by atoms with Crippen LogP contribution in [0.15, 0.2) is 29.2 Å². The quantitative estimate of drug-likeness (QED) is 0.625. The number of ether oxygens (including phenoxy) is 1. The van der Waals surface area contributed by atoms with Crippen LogP contribution in [0.4, 0.5) is 4.39 Å². The molecule has 3 nitrogen and oxygen atoms in total. The number of nitrogens with one attached hydrogen (secondary N) is 1. The summed E-state index contributed by atoms with van der Waals surface area (Å²) in [6.45, 7) is 2.11. The Kier molecular flexibility index (Phi) is 6.00. The molecule has 0 amide bonds. The van der Waals surface area contributed by atoms with Gasteiger partial charge in [-0.15, -0.1) is 11.8 Å². The fourth-order valence-electron chi connectivity index (χ4n) is 1.25. The van der Waals surface area contributed by atoms with Gasteiger partial charge in [0.15, 0.2) is 0 Å². The van der Waals surface area contributed by atoms with Crippen molar-refractivity contribution in [1.82, 2.24) is 5.32 Å². The lowest BCUT2D eigenvalue weighted by Crippen LogP contribution is -2.37. The Balaban J connectivity index is 2.53. The van der Waals surface area contributed by atoms with Crippen LogP contribution in [0.5, 0.6) is 0 Å². The molecule has 1 aromatic rings. The minimum absolute atomic E-state index is 0.267. The Labute approximate surface area is 105 Å². The number of halogens is 1. The van der Waals surface area contributed by atoms with Gasteiger partial charge in [-0.05, 0) is 26.1 Å². The van der Waals surface area contributed by atoms with Gasteiger partial charge >= 0.3 is 5.97 Å². The highest BCUT2D eigenvalue weighted by molar-refractivity contribution is 7.99. The maximum atomic E-state index is 13.3. The number of benzene rings is 1. The zero-order valence-electron chi connectivity index (χ0n) is 9.90. The summed E-state index contributed by atoms with van der Waals surface area (Å²) in [5.74, 6) is -0.133. The van der Waals surface area contributed by atoms with Crippen molar-refractivity contribution in [3.63, 3.8) is 0 Å². The van der Waals surface area contributed by atoms with Crippen LogP contribution < -0.4 is 5.32 Å². The first kappa shape index (κ1) is 14.0. The second-order valence-electron chi connectivity index (χ2n) is 3.33. The summed E-state index contributed by atoms with van der Waals surface area (Å²) < 4.78 is 18.2. The molecule has 0 aliphatic carbocycles. The second kappa shape index (κ2) is 7.29. The molecule has 94 valence electrons. The van der Waals surface area contributed by atoms with Crippen LogP contribution in [-0.4, -0.2) is 31.4 Å². The number of esters is 1. The number of carbonyl (C=O) groups is 1. The first-order chi connectivity index (χ1) is 8.19. The van der Waals surface area contributed by atoms with Crippen molar-refractivity contribution in [3.05, 3.63) is 30.1 Å². The van der Waals surface area contributed by atoms with E-state index in [1.807, 2.05) is 0 Å². The molecular formula is C12H16FNO2S. The summed E-state index contributed by atoms with van der Waals surface area (Å²) in [5, 5.41) is 2.86. The van der Waals surface area contributed by atoms with Crippen molar-refractivity contribution in [2.24, 2.45) is 0 Å². The van der Waals surface area contributed by atoms with Crippen molar-refractivity contribution >= 4 is 17.7 Å². The Bertz CT molecular complexity index is 373. The molecule has 0 fully saturated rings. The first-order valence-electron chi connectivity index (χ1n) is 5.40. The molecule has 1 atom stereocenters. The van der Waals surface area contributed by atoms with E-state index in [9.17, 15) is 9.18 Å². The van der Waals surface area contributed by atoms with Crippen LogP contribution >= 0.6 is 11.8 Å². The highest BCUT2D eigenvalue weighted by atomic mass is 32.2. The molecule has 1 N–H and O–H groups in total. The van der Waals surface area contributed by atoms with E-state index >= 15 is 0 Å². The summed E-state index contributed by atoms with van der Waals surface area (Å²) >= 11 is 1.30. The molecule has 0 heterocycles. The predicted octanol–water partition coefficient (Wildman–Crippen LogP) is 2.07. The Hall–Kier alpha value is -1.07. The molecule has 0 saturated heterocycles. The lowest BCUT2D eigenvalue weighted by molar-refractivity contribution is -0.144. The van der Waals surface area contributed by atoms with E-state index in [4.69, 9.17) is 4.74 Å². The molecule has 0 bridgehead atoms. The Morgan fingerprint density at radius 1 is 1.53 bits per heavy atom. The number of carbonyl (C=O) groups excluding carboxylic acids is 1. The van der Waals surface area contributed by atoms with Crippen molar-refractivity contribution < 1.29 is 13.9 Å². The normalized spacial score (nSPS) is 12.2. The van der Waals surface area contributed by atoms with Gasteiger partial charge in [-0.3, -0.25) is 4.79 Å². The zero-order chi connectivity index (χ0) is 12.7. The number of thioether (sulfide) groups is 1. The minimum atomic E-state index is -0.417.